The molecule has 1 aliphatic heterocycles. The highest BCUT2D eigenvalue weighted by molar-refractivity contribution is 5.68. The minimum absolute atomic E-state index is 0.0508. The first-order valence-electron chi connectivity index (χ1n) is 14.3. The van der Waals surface area contributed by atoms with Crippen molar-refractivity contribution in [2.45, 2.75) is 52.2 Å². The van der Waals surface area contributed by atoms with Gasteiger partial charge in [-0.3, -0.25) is 4.90 Å². The van der Waals surface area contributed by atoms with E-state index in [1.165, 1.54) is 0 Å². The number of nitrogens with zero attached hydrogens (tertiary/aromatic N) is 3. The van der Waals surface area contributed by atoms with Crippen molar-refractivity contribution in [2.75, 3.05) is 0 Å². The monoisotopic (exact) mass is 565 g/mol. The number of imidazole rings is 1. The van der Waals surface area contributed by atoms with Crippen molar-refractivity contribution in [3.8, 4) is 34.1 Å². The smallest absolute Gasteiger partial charge is 0.395 e. The van der Waals surface area contributed by atoms with Crippen LogP contribution < -0.4 is 9.47 Å². The summed E-state index contributed by atoms with van der Waals surface area (Å²) in [4.78, 5) is 7.58. The van der Waals surface area contributed by atoms with Gasteiger partial charge in [0, 0.05) is 37.3 Å². The fourth-order valence-electron chi connectivity index (χ4n) is 5.41. The molecule has 2 heterocycles. The first-order chi connectivity index (χ1) is 20.5. The van der Waals surface area contributed by atoms with E-state index >= 15 is 0 Å². The molecule has 0 aliphatic carbocycles. The number of fused-ring (bicyclic) bond motifs is 1. The number of unbranched alkanes of at least 4 members (excludes halogenated alkanes) is 1. The van der Waals surface area contributed by atoms with E-state index in [2.05, 4.69) is 57.5 Å². The number of benzene rings is 4. The molecule has 0 fully saturated rings. The average molecular weight is 566 g/mol. The zero-order chi connectivity index (χ0) is 28.9. The second kappa shape index (κ2) is 12.2. The van der Waals surface area contributed by atoms with Crippen molar-refractivity contribution < 1.29 is 18.3 Å². The molecule has 0 N–H and O–H groups in total. The Balaban J connectivity index is 1.42. The topological polar surface area (TPSA) is 39.5 Å². The molecule has 0 radical (unpaired) electrons. The molecule has 42 heavy (non-hydrogen) atoms. The van der Waals surface area contributed by atoms with Crippen LogP contribution in [0.1, 0.15) is 36.6 Å². The first kappa shape index (κ1) is 27.7. The van der Waals surface area contributed by atoms with Crippen LogP contribution in [0, 0.1) is 0 Å². The van der Waals surface area contributed by atoms with E-state index in [0.717, 1.165) is 58.9 Å². The summed E-state index contributed by atoms with van der Waals surface area (Å²) < 4.78 is 39.2. The molecule has 1 aliphatic rings. The molecule has 1 aromatic heterocycles. The van der Waals surface area contributed by atoms with Crippen LogP contribution in [0.15, 0.2) is 109 Å². The van der Waals surface area contributed by atoms with E-state index < -0.39 is 6.29 Å². The quantitative estimate of drug-likeness (QED) is 0.161. The Morgan fingerprint density at radius 1 is 0.714 bits per heavy atom. The van der Waals surface area contributed by atoms with Gasteiger partial charge in [0.15, 0.2) is 11.5 Å². The summed E-state index contributed by atoms with van der Waals surface area (Å²) in [7, 11) is 0. The molecule has 0 unspecified atom stereocenters. The lowest BCUT2D eigenvalue weighted by molar-refractivity contribution is -0.286. The molecule has 0 spiro atoms. The van der Waals surface area contributed by atoms with Crippen LogP contribution in [-0.2, 0) is 26.2 Å². The number of halogens is 2. The summed E-state index contributed by atoms with van der Waals surface area (Å²) in [5, 5.41) is 0. The van der Waals surface area contributed by atoms with Gasteiger partial charge >= 0.3 is 6.29 Å². The second-order valence-corrected chi connectivity index (χ2v) is 10.5. The van der Waals surface area contributed by atoms with Crippen LogP contribution in [0.5, 0.6) is 11.5 Å². The van der Waals surface area contributed by atoms with Gasteiger partial charge in [0.2, 0.25) is 0 Å². The van der Waals surface area contributed by atoms with E-state index in [9.17, 15) is 8.78 Å². The predicted octanol–water partition coefficient (Wildman–Crippen LogP) is 8.54. The van der Waals surface area contributed by atoms with Gasteiger partial charge in [-0.1, -0.05) is 110 Å². The molecule has 0 amide bonds. The van der Waals surface area contributed by atoms with Crippen molar-refractivity contribution in [1.82, 2.24) is 14.5 Å². The van der Waals surface area contributed by atoms with Gasteiger partial charge in [-0.2, -0.15) is 0 Å². The molecule has 0 saturated carbocycles. The predicted molar refractivity (Wildman–Crippen MR) is 160 cm³/mol. The van der Waals surface area contributed by atoms with Crippen LogP contribution in [-0.4, -0.2) is 20.7 Å². The lowest BCUT2D eigenvalue weighted by Crippen LogP contribution is -2.26. The molecule has 214 valence electrons. The normalized spacial score (nSPS) is 13.5. The molecular weight excluding hydrogens is 532 g/mol. The van der Waals surface area contributed by atoms with Crippen molar-refractivity contribution in [1.29, 1.82) is 0 Å². The molecule has 4 aromatic carbocycles. The van der Waals surface area contributed by atoms with Crippen molar-refractivity contribution in [3.63, 3.8) is 0 Å². The maximum Gasteiger partial charge on any atom is 0.586 e. The fraction of sp³-hybridized carbons (Fsp3) is 0.229. The Morgan fingerprint density at radius 2 is 1.33 bits per heavy atom. The Labute approximate surface area is 245 Å². The third-order valence-corrected chi connectivity index (χ3v) is 7.38. The molecule has 0 atom stereocenters. The zero-order valence-electron chi connectivity index (χ0n) is 23.5. The van der Waals surface area contributed by atoms with Crippen LogP contribution in [0.4, 0.5) is 8.78 Å². The Bertz CT molecular complexity index is 1620. The number of hydrogen-bond acceptors (Lipinski definition) is 4. The lowest BCUT2D eigenvalue weighted by Gasteiger charge is -2.25. The molecule has 5 aromatic rings. The number of alkyl halides is 2. The summed E-state index contributed by atoms with van der Waals surface area (Å²) in [5.74, 6) is 1.05. The number of rotatable bonds is 11. The summed E-state index contributed by atoms with van der Waals surface area (Å²) in [6, 6.07) is 35.9. The SMILES string of the molecule is CCCCn1c(-c2ccccc2)nc(-c2ccccc2)c1CN(Cc1ccccc1)Cc1ccc2c(c1)OC(F)(F)O2. The zero-order valence-corrected chi connectivity index (χ0v) is 23.5. The second-order valence-electron chi connectivity index (χ2n) is 10.5. The summed E-state index contributed by atoms with van der Waals surface area (Å²) >= 11 is 0. The number of ether oxygens (including phenoxy) is 2. The van der Waals surface area contributed by atoms with Crippen LogP contribution in [0.25, 0.3) is 22.6 Å². The fourth-order valence-corrected chi connectivity index (χ4v) is 5.41. The van der Waals surface area contributed by atoms with Gasteiger partial charge in [0.05, 0.1) is 11.4 Å². The first-order valence-corrected chi connectivity index (χ1v) is 14.3. The molecule has 6 rings (SSSR count). The Kier molecular flexibility index (Phi) is 8.02. The van der Waals surface area contributed by atoms with Crippen LogP contribution >= 0.6 is 0 Å². The molecule has 7 heteroatoms. The standard InChI is InChI=1S/C35H33F2N3O2/c1-2-3-21-40-30(33(28-15-9-5-10-16-28)38-34(40)29-17-11-6-12-18-29)25-39(23-26-13-7-4-8-14-26)24-27-19-20-31-32(22-27)42-35(36,37)41-31/h4-20,22H,2-3,21,23-25H2,1H3. The van der Waals surface area contributed by atoms with Gasteiger partial charge < -0.3 is 14.0 Å². The minimum Gasteiger partial charge on any atom is -0.395 e. The highest BCUT2D eigenvalue weighted by atomic mass is 19.3. The lowest BCUT2D eigenvalue weighted by atomic mass is 10.1. The van der Waals surface area contributed by atoms with E-state index in [0.29, 0.717) is 19.6 Å². The third-order valence-electron chi connectivity index (χ3n) is 7.38. The van der Waals surface area contributed by atoms with Crippen LogP contribution in [0.3, 0.4) is 0 Å². The van der Waals surface area contributed by atoms with Gasteiger partial charge in [-0.15, -0.1) is 8.78 Å². The van der Waals surface area contributed by atoms with Gasteiger partial charge in [0.25, 0.3) is 0 Å². The number of aromatic nitrogens is 2. The van der Waals surface area contributed by atoms with Crippen molar-refractivity contribution >= 4 is 0 Å². The maximum atomic E-state index is 13.7. The van der Waals surface area contributed by atoms with Crippen LogP contribution in [0.2, 0.25) is 0 Å². The molecule has 0 bridgehead atoms. The summed E-state index contributed by atoms with van der Waals surface area (Å²) in [6.45, 7) is 4.83. The molecule has 0 saturated heterocycles. The van der Waals surface area contributed by atoms with E-state index in [1.807, 2.05) is 60.7 Å². The highest BCUT2D eigenvalue weighted by Crippen LogP contribution is 2.41. The largest absolute Gasteiger partial charge is 0.586 e. The van der Waals surface area contributed by atoms with Gasteiger partial charge in [-0.25, -0.2) is 4.98 Å². The van der Waals surface area contributed by atoms with E-state index in [1.54, 1.807) is 12.1 Å². The molecular formula is C35H33F2N3O2. The highest BCUT2D eigenvalue weighted by Gasteiger charge is 2.43. The third kappa shape index (κ3) is 6.21. The summed E-state index contributed by atoms with van der Waals surface area (Å²) in [5.41, 5.74) is 6.22. The average Bonchev–Trinajstić information content (AvgIpc) is 3.52. The Morgan fingerprint density at radius 3 is 2.02 bits per heavy atom. The summed E-state index contributed by atoms with van der Waals surface area (Å²) in [6.07, 6.45) is -1.57. The molecule has 5 nitrogen and oxygen atoms in total. The maximum absolute atomic E-state index is 13.7. The van der Waals surface area contributed by atoms with Gasteiger partial charge in [0.1, 0.15) is 5.82 Å². The minimum atomic E-state index is -3.64. The van der Waals surface area contributed by atoms with E-state index in [-0.39, 0.29) is 11.5 Å². The van der Waals surface area contributed by atoms with Gasteiger partial charge in [-0.05, 0) is 29.7 Å². The number of hydrogen-bond donors (Lipinski definition) is 0. The van der Waals surface area contributed by atoms with Crippen molar-refractivity contribution in [2.24, 2.45) is 0 Å². The van der Waals surface area contributed by atoms with Crippen molar-refractivity contribution in [3.05, 3.63) is 126 Å². The Hall–Kier alpha value is -4.49. The van der Waals surface area contributed by atoms with E-state index in [4.69, 9.17) is 9.72 Å².